The molecular formula is C14H19N3O2S2. The molecule has 0 aromatic carbocycles. The van der Waals surface area contributed by atoms with Gasteiger partial charge in [-0.15, -0.1) is 11.3 Å². The maximum atomic E-state index is 12.3. The fraction of sp³-hybridized carbons (Fsp3) is 0.357. The lowest BCUT2D eigenvalue weighted by Crippen LogP contribution is -2.22. The third-order valence-electron chi connectivity index (χ3n) is 3.20. The van der Waals surface area contributed by atoms with E-state index in [1.54, 1.807) is 18.5 Å². The molecule has 0 bridgehead atoms. The van der Waals surface area contributed by atoms with E-state index in [1.165, 1.54) is 11.3 Å². The van der Waals surface area contributed by atoms with Gasteiger partial charge in [0.1, 0.15) is 4.21 Å². The number of sulfonamides is 1. The topological polar surface area (TPSA) is 71.1 Å². The molecule has 2 aromatic heterocycles. The summed E-state index contributed by atoms with van der Waals surface area (Å²) in [6.45, 7) is 4.78. The van der Waals surface area contributed by atoms with Crippen molar-refractivity contribution in [3.05, 3.63) is 46.1 Å². The predicted octanol–water partition coefficient (Wildman–Crippen LogP) is 1.96. The molecule has 2 rings (SSSR count). The Kier molecular flexibility index (Phi) is 5.10. The molecular weight excluding hydrogens is 306 g/mol. The summed E-state index contributed by atoms with van der Waals surface area (Å²) in [6, 6.07) is 3.58. The molecule has 0 aliphatic heterocycles. The molecule has 0 saturated heterocycles. The van der Waals surface area contributed by atoms with Crippen LogP contribution >= 0.6 is 11.3 Å². The van der Waals surface area contributed by atoms with Crippen molar-refractivity contribution in [2.24, 2.45) is 0 Å². The van der Waals surface area contributed by atoms with E-state index in [0.29, 0.717) is 10.8 Å². The molecule has 7 heteroatoms. The highest BCUT2D eigenvalue weighted by Gasteiger charge is 2.18. The molecule has 0 amide bonds. The van der Waals surface area contributed by atoms with Gasteiger partial charge in [-0.3, -0.25) is 4.98 Å². The van der Waals surface area contributed by atoms with Gasteiger partial charge in [-0.25, -0.2) is 13.1 Å². The van der Waals surface area contributed by atoms with Gasteiger partial charge < -0.3 is 5.32 Å². The molecule has 114 valence electrons. The molecule has 2 N–H and O–H groups in total. The predicted molar refractivity (Wildman–Crippen MR) is 84.8 cm³/mol. The lowest BCUT2D eigenvalue weighted by molar-refractivity contribution is 0.583. The van der Waals surface area contributed by atoms with E-state index in [4.69, 9.17) is 0 Å². The molecule has 0 fully saturated rings. The molecule has 0 radical (unpaired) electrons. The monoisotopic (exact) mass is 325 g/mol. The summed E-state index contributed by atoms with van der Waals surface area (Å²) < 4.78 is 27.7. The first-order valence-corrected chi connectivity index (χ1v) is 8.87. The Balaban J connectivity index is 2.15. The number of pyridine rings is 1. The molecule has 5 nitrogen and oxygen atoms in total. The molecule has 2 aromatic rings. The van der Waals surface area contributed by atoms with E-state index in [9.17, 15) is 8.42 Å². The van der Waals surface area contributed by atoms with Gasteiger partial charge in [-0.05, 0) is 49.7 Å². The van der Waals surface area contributed by atoms with Crippen molar-refractivity contribution < 1.29 is 8.42 Å². The van der Waals surface area contributed by atoms with Gasteiger partial charge in [0.25, 0.3) is 0 Å². The van der Waals surface area contributed by atoms with E-state index in [1.807, 2.05) is 27.0 Å². The molecule has 0 saturated carbocycles. The first kappa shape index (κ1) is 16.1. The summed E-state index contributed by atoms with van der Waals surface area (Å²) in [5, 5.41) is 3.04. The van der Waals surface area contributed by atoms with Crippen molar-refractivity contribution in [3.8, 4) is 0 Å². The average Bonchev–Trinajstić information content (AvgIpc) is 2.81. The van der Waals surface area contributed by atoms with Gasteiger partial charge >= 0.3 is 0 Å². The second kappa shape index (κ2) is 6.65. The van der Waals surface area contributed by atoms with Crippen molar-refractivity contribution >= 4 is 21.4 Å². The Labute approximate surface area is 129 Å². The quantitative estimate of drug-likeness (QED) is 0.852. The molecule has 0 spiro atoms. The van der Waals surface area contributed by atoms with Crippen molar-refractivity contribution in [1.82, 2.24) is 15.0 Å². The summed E-state index contributed by atoms with van der Waals surface area (Å²) in [5.74, 6) is 0. The first-order chi connectivity index (χ1) is 9.94. The summed E-state index contributed by atoms with van der Waals surface area (Å²) in [4.78, 5) is 5.06. The van der Waals surface area contributed by atoms with Crippen LogP contribution in [0.3, 0.4) is 0 Å². The number of hydrogen-bond acceptors (Lipinski definition) is 5. The third kappa shape index (κ3) is 3.88. The van der Waals surface area contributed by atoms with Gasteiger partial charge in [0.2, 0.25) is 10.0 Å². The van der Waals surface area contributed by atoms with Crippen LogP contribution in [0, 0.1) is 13.8 Å². The van der Waals surface area contributed by atoms with E-state index >= 15 is 0 Å². The van der Waals surface area contributed by atoms with Crippen LogP contribution in [0.2, 0.25) is 0 Å². The standard InChI is InChI=1S/C14H19N3O2S2/c1-10-4-5-16-7-12(10)8-17-21(18,19)14-6-11(2)13(20-14)9-15-3/h4-7,15,17H,8-9H2,1-3H3. The number of thiophene rings is 1. The molecule has 21 heavy (non-hydrogen) atoms. The van der Waals surface area contributed by atoms with E-state index < -0.39 is 10.0 Å². The van der Waals surface area contributed by atoms with Crippen LogP contribution < -0.4 is 10.0 Å². The summed E-state index contributed by atoms with van der Waals surface area (Å²) in [6.07, 6.45) is 3.38. The van der Waals surface area contributed by atoms with Gasteiger partial charge in [0, 0.05) is 30.4 Å². The maximum absolute atomic E-state index is 12.3. The fourth-order valence-corrected chi connectivity index (χ4v) is 4.53. The van der Waals surface area contributed by atoms with Crippen molar-refractivity contribution in [2.45, 2.75) is 31.1 Å². The largest absolute Gasteiger partial charge is 0.315 e. The molecule has 0 aliphatic carbocycles. The Morgan fingerprint density at radius 3 is 2.67 bits per heavy atom. The van der Waals surface area contributed by atoms with Crippen LogP contribution in [0.4, 0.5) is 0 Å². The third-order valence-corrected chi connectivity index (χ3v) is 6.31. The van der Waals surface area contributed by atoms with Gasteiger partial charge in [-0.1, -0.05) is 0 Å². The molecule has 0 aliphatic rings. The fourth-order valence-electron chi connectivity index (χ4n) is 1.88. The zero-order valence-electron chi connectivity index (χ0n) is 12.3. The summed E-state index contributed by atoms with van der Waals surface area (Å²) >= 11 is 1.30. The second-order valence-electron chi connectivity index (χ2n) is 4.83. The van der Waals surface area contributed by atoms with Crippen molar-refractivity contribution in [2.75, 3.05) is 7.05 Å². The van der Waals surface area contributed by atoms with E-state index in [-0.39, 0.29) is 6.54 Å². The number of nitrogens with one attached hydrogen (secondary N) is 2. The second-order valence-corrected chi connectivity index (χ2v) is 7.96. The SMILES string of the molecule is CNCc1sc(S(=O)(=O)NCc2cnccc2C)cc1C. The van der Waals surface area contributed by atoms with Crippen LogP contribution in [0.5, 0.6) is 0 Å². The Hall–Kier alpha value is -1.28. The normalized spacial score (nSPS) is 11.8. The van der Waals surface area contributed by atoms with E-state index in [2.05, 4.69) is 15.0 Å². The minimum Gasteiger partial charge on any atom is -0.315 e. The van der Waals surface area contributed by atoms with Crippen LogP contribution in [0.15, 0.2) is 28.7 Å². The van der Waals surface area contributed by atoms with Crippen LogP contribution in [-0.4, -0.2) is 20.4 Å². The Morgan fingerprint density at radius 1 is 1.24 bits per heavy atom. The van der Waals surface area contributed by atoms with Crippen LogP contribution in [0.25, 0.3) is 0 Å². The zero-order valence-corrected chi connectivity index (χ0v) is 13.9. The minimum atomic E-state index is -3.48. The molecule has 2 heterocycles. The highest BCUT2D eigenvalue weighted by Crippen LogP contribution is 2.26. The van der Waals surface area contributed by atoms with Gasteiger partial charge in [0.15, 0.2) is 0 Å². The van der Waals surface area contributed by atoms with Gasteiger partial charge in [0.05, 0.1) is 0 Å². The number of hydrogen-bond donors (Lipinski definition) is 2. The number of nitrogens with zero attached hydrogens (tertiary/aromatic N) is 1. The summed E-state index contributed by atoms with van der Waals surface area (Å²) in [5.41, 5.74) is 2.89. The van der Waals surface area contributed by atoms with Crippen LogP contribution in [0.1, 0.15) is 21.6 Å². The first-order valence-electron chi connectivity index (χ1n) is 6.57. The number of rotatable bonds is 6. The zero-order chi connectivity index (χ0) is 15.5. The van der Waals surface area contributed by atoms with E-state index in [0.717, 1.165) is 21.6 Å². The van der Waals surface area contributed by atoms with Gasteiger partial charge in [-0.2, -0.15) is 0 Å². The van der Waals surface area contributed by atoms with Crippen molar-refractivity contribution in [1.29, 1.82) is 0 Å². The number of aromatic nitrogens is 1. The average molecular weight is 325 g/mol. The Bertz CT molecular complexity index is 724. The lowest BCUT2D eigenvalue weighted by Gasteiger charge is -2.06. The molecule has 0 atom stereocenters. The smallest absolute Gasteiger partial charge is 0.250 e. The van der Waals surface area contributed by atoms with Crippen molar-refractivity contribution in [3.63, 3.8) is 0 Å². The Morgan fingerprint density at radius 2 is 2.00 bits per heavy atom. The number of aryl methyl sites for hydroxylation is 2. The highest BCUT2D eigenvalue weighted by atomic mass is 32.2. The minimum absolute atomic E-state index is 0.250. The lowest BCUT2D eigenvalue weighted by atomic mass is 10.2. The summed E-state index contributed by atoms with van der Waals surface area (Å²) in [7, 11) is -1.64. The molecule has 0 unspecified atom stereocenters. The highest BCUT2D eigenvalue weighted by molar-refractivity contribution is 7.91. The van der Waals surface area contributed by atoms with Crippen LogP contribution in [-0.2, 0) is 23.1 Å². The maximum Gasteiger partial charge on any atom is 0.250 e.